The van der Waals surface area contributed by atoms with Crippen molar-refractivity contribution in [1.82, 2.24) is 0 Å². The van der Waals surface area contributed by atoms with Gasteiger partial charge in [0.15, 0.2) is 11.5 Å². The van der Waals surface area contributed by atoms with Crippen LogP contribution in [0.25, 0.3) is 0 Å². The molecule has 3 rings (SSSR count). The second-order valence-corrected chi connectivity index (χ2v) is 7.30. The molecule has 0 aliphatic heterocycles. The Kier molecular flexibility index (Phi) is 8.30. The molecule has 1 N–H and O–H groups in total. The van der Waals surface area contributed by atoms with Gasteiger partial charge < -0.3 is 19.5 Å². The van der Waals surface area contributed by atoms with Crippen LogP contribution in [-0.2, 0) is 19.6 Å². The number of nitrogens with one attached hydrogen (secondary N) is 1. The number of methoxy groups -OCH3 is 1. The third-order valence-corrected chi connectivity index (χ3v) is 4.97. The monoisotopic (exact) mass is 448 g/mol. The minimum Gasteiger partial charge on any atom is -0.497 e. The van der Waals surface area contributed by atoms with Gasteiger partial charge in [-0.05, 0) is 73.0 Å². The van der Waals surface area contributed by atoms with Crippen molar-refractivity contribution in [3.8, 4) is 17.2 Å². The van der Waals surface area contributed by atoms with Gasteiger partial charge in [-0.15, -0.1) is 6.58 Å². The Morgan fingerprint density at radius 2 is 1.76 bits per heavy atom. The number of rotatable bonds is 12. The van der Waals surface area contributed by atoms with Crippen LogP contribution in [0.1, 0.15) is 23.6 Å². The second-order valence-electron chi connectivity index (χ2n) is 7.30. The zero-order valence-corrected chi connectivity index (χ0v) is 18.9. The molecule has 0 atom stereocenters. The summed E-state index contributed by atoms with van der Waals surface area (Å²) in [6.07, 6.45) is 2.44. The summed E-state index contributed by atoms with van der Waals surface area (Å²) < 4.78 is 17.2. The zero-order valence-electron chi connectivity index (χ0n) is 18.9. The highest BCUT2D eigenvalue weighted by atomic mass is 16.6. The molecule has 0 saturated heterocycles. The molecule has 0 heterocycles. The van der Waals surface area contributed by atoms with E-state index in [1.807, 2.05) is 43.3 Å². The quantitative estimate of drug-likeness (QED) is 0.210. The number of hydrogen-bond donors (Lipinski definition) is 1. The fraction of sp³-hybridized carbons (Fsp3) is 0.231. The lowest BCUT2D eigenvalue weighted by atomic mass is 10.0. The molecule has 7 nitrogen and oxygen atoms in total. The Balaban J connectivity index is 1.79. The van der Waals surface area contributed by atoms with E-state index in [1.165, 1.54) is 12.1 Å². The molecule has 0 radical (unpaired) electrons. The SMILES string of the molecule is C=CCc1cc(CNc2ccc(OC)cc2)cc(OCC)c1OCc1ccc([N+](=O)[O-])cc1. The van der Waals surface area contributed by atoms with E-state index in [1.54, 1.807) is 19.2 Å². The molecular weight excluding hydrogens is 420 g/mol. The molecule has 3 aromatic carbocycles. The molecule has 0 spiro atoms. The molecule has 0 aliphatic carbocycles. The van der Waals surface area contributed by atoms with E-state index in [-0.39, 0.29) is 12.3 Å². The first kappa shape index (κ1) is 23.7. The summed E-state index contributed by atoms with van der Waals surface area (Å²) in [5.74, 6) is 2.12. The smallest absolute Gasteiger partial charge is 0.269 e. The molecule has 0 unspecified atom stereocenters. The molecule has 0 amide bonds. The van der Waals surface area contributed by atoms with Crippen LogP contribution in [0.2, 0.25) is 0 Å². The first-order valence-corrected chi connectivity index (χ1v) is 10.7. The van der Waals surface area contributed by atoms with Crippen molar-refractivity contribution < 1.29 is 19.1 Å². The van der Waals surface area contributed by atoms with Gasteiger partial charge in [-0.25, -0.2) is 0 Å². The van der Waals surface area contributed by atoms with Gasteiger partial charge in [0.2, 0.25) is 0 Å². The van der Waals surface area contributed by atoms with Gasteiger partial charge >= 0.3 is 0 Å². The summed E-state index contributed by atoms with van der Waals surface area (Å²) >= 11 is 0. The van der Waals surface area contributed by atoms with Crippen molar-refractivity contribution >= 4 is 11.4 Å². The number of nitro benzene ring substituents is 1. The van der Waals surface area contributed by atoms with Crippen molar-refractivity contribution in [2.45, 2.75) is 26.5 Å². The number of non-ortho nitro benzene ring substituents is 1. The van der Waals surface area contributed by atoms with Crippen LogP contribution < -0.4 is 19.5 Å². The highest BCUT2D eigenvalue weighted by Gasteiger charge is 2.14. The third-order valence-electron chi connectivity index (χ3n) is 4.97. The average Bonchev–Trinajstić information content (AvgIpc) is 2.83. The molecule has 0 aliphatic rings. The lowest BCUT2D eigenvalue weighted by Crippen LogP contribution is -2.06. The first-order valence-electron chi connectivity index (χ1n) is 10.7. The molecule has 0 aromatic heterocycles. The molecule has 7 heteroatoms. The number of nitro groups is 1. The van der Waals surface area contributed by atoms with E-state index < -0.39 is 4.92 Å². The van der Waals surface area contributed by atoms with E-state index >= 15 is 0 Å². The van der Waals surface area contributed by atoms with Gasteiger partial charge in [-0.2, -0.15) is 0 Å². The summed E-state index contributed by atoms with van der Waals surface area (Å²) in [5.41, 5.74) is 3.88. The number of hydrogen-bond acceptors (Lipinski definition) is 6. The van der Waals surface area contributed by atoms with Gasteiger partial charge in [-0.3, -0.25) is 10.1 Å². The third kappa shape index (κ3) is 6.49. The van der Waals surface area contributed by atoms with Crippen molar-refractivity contribution in [3.05, 3.63) is 100 Å². The molecule has 3 aromatic rings. The summed E-state index contributed by atoms with van der Waals surface area (Å²) in [6.45, 7) is 7.17. The van der Waals surface area contributed by atoms with Crippen LogP contribution in [0, 0.1) is 10.1 Å². The number of nitrogens with zero attached hydrogens (tertiary/aromatic N) is 1. The van der Waals surface area contributed by atoms with Crippen LogP contribution in [0.3, 0.4) is 0 Å². The topological polar surface area (TPSA) is 82.9 Å². The Labute approximate surface area is 193 Å². The van der Waals surface area contributed by atoms with Crippen molar-refractivity contribution in [3.63, 3.8) is 0 Å². The van der Waals surface area contributed by atoms with Gasteiger partial charge in [0.1, 0.15) is 12.4 Å². The van der Waals surface area contributed by atoms with Gasteiger partial charge in [0, 0.05) is 29.9 Å². The van der Waals surface area contributed by atoms with Gasteiger partial charge in [-0.1, -0.05) is 6.08 Å². The fourth-order valence-electron chi connectivity index (χ4n) is 3.34. The Morgan fingerprint density at radius 3 is 2.36 bits per heavy atom. The summed E-state index contributed by atoms with van der Waals surface area (Å²) in [4.78, 5) is 10.4. The lowest BCUT2D eigenvalue weighted by molar-refractivity contribution is -0.384. The Hall–Kier alpha value is -4.00. The van der Waals surface area contributed by atoms with Crippen LogP contribution in [-0.4, -0.2) is 18.6 Å². The van der Waals surface area contributed by atoms with E-state index in [0.29, 0.717) is 31.1 Å². The van der Waals surface area contributed by atoms with Crippen molar-refractivity contribution in [2.24, 2.45) is 0 Å². The molecule has 0 fully saturated rings. The highest BCUT2D eigenvalue weighted by molar-refractivity contribution is 5.52. The summed E-state index contributed by atoms with van der Waals surface area (Å²) in [5, 5.41) is 14.3. The molecule has 172 valence electrons. The molecule has 0 saturated carbocycles. The molecular formula is C26H28N2O5. The predicted molar refractivity (Wildman–Crippen MR) is 129 cm³/mol. The van der Waals surface area contributed by atoms with Crippen molar-refractivity contribution in [2.75, 3.05) is 19.0 Å². The molecule has 33 heavy (non-hydrogen) atoms. The van der Waals surface area contributed by atoms with E-state index in [2.05, 4.69) is 18.0 Å². The number of anilines is 1. The second kappa shape index (κ2) is 11.6. The normalized spacial score (nSPS) is 10.4. The van der Waals surface area contributed by atoms with E-state index in [4.69, 9.17) is 14.2 Å². The van der Waals surface area contributed by atoms with Crippen molar-refractivity contribution in [1.29, 1.82) is 0 Å². The van der Waals surface area contributed by atoms with Gasteiger partial charge in [0.05, 0.1) is 18.6 Å². The van der Waals surface area contributed by atoms with Crippen LogP contribution >= 0.6 is 0 Å². The number of ether oxygens (including phenoxy) is 3. The average molecular weight is 449 g/mol. The maximum absolute atomic E-state index is 10.9. The minimum atomic E-state index is -0.418. The largest absolute Gasteiger partial charge is 0.497 e. The standard InChI is InChI=1S/C26H28N2O5/c1-4-6-21-15-20(17-27-22-9-13-24(31-3)14-10-22)16-25(32-5-2)26(21)33-18-19-7-11-23(12-8-19)28(29)30/h4,7-16,27H,1,5-6,17-18H2,2-3H3. The fourth-order valence-corrected chi connectivity index (χ4v) is 3.34. The number of benzene rings is 3. The van der Waals surface area contributed by atoms with Crippen LogP contribution in [0.5, 0.6) is 17.2 Å². The lowest BCUT2D eigenvalue weighted by Gasteiger charge is -2.18. The minimum absolute atomic E-state index is 0.0508. The first-order chi connectivity index (χ1) is 16.0. The summed E-state index contributed by atoms with van der Waals surface area (Å²) in [6, 6.07) is 18.1. The molecule has 0 bridgehead atoms. The predicted octanol–water partition coefficient (Wildman–Crippen LogP) is 5.92. The van der Waals surface area contributed by atoms with E-state index in [0.717, 1.165) is 28.1 Å². The zero-order chi connectivity index (χ0) is 23.6. The Bertz CT molecular complexity index is 1080. The number of allylic oxidation sites excluding steroid dienone is 1. The maximum Gasteiger partial charge on any atom is 0.269 e. The van der Waals surface area contributed by atoms with Crippen LogP contribution in [0.4, 0.5) is 11.4 Å². The van der Waals surface area contributed by atoms with Crippen LogP contribution in [0.15, 0.2) is 73.3 Å². The Morgan fingerprint density at radius 1 is 1.03 bits per heavy atom. The highest BCUT2D eigenvalue weighted by Crippen LogP contribution is 2.35. The summed E-state index contributed by atoms with van der Waals surface area (Å²) in [7, 11) is 1.64. The van der Waals surface area contributed by atoms with E-state index in [9.17, 15) is 10.1 Å². The van der Waals surface area contributed by atoms with Gasteiger partial charge in [0.25, 0.3) is 5.69 Å². The maximum atomic E-state index is 10.9.